The quantitative estimate of drug-likeness (QED) is 0.0267. The third kappa shape index (κ3) is 7.38. The van der Waals surface area contributed by atoms with Crippen LogP contribution in [0.15, 0.2) is 68.1 Å². The maximum absolute atomic E-state index is 14.1. The third-order valence-corrected chi connectivity index (χ3v) is 10.7. The van der Waals surface area contributed by atoms with E-state index in [0.29, 0.717) is 0 Å². The van der Waals surface area contributed by atoms with Gasteiger partial charge in [-0.2, -0.15) is 0 Å². The van der Waals surface area contributed by atoms with Crippen LogP contribution in [-0.4, -0.2) is 123 Å². The lowest BCUT2D eigenvalue weighted by Crippen LogP contribution is -2.81. The van der Waals surface area contributed by atoms with Gasteiger partial charge in [0, 0.05) is 24.0 Å². The predicted molar refractivity (Wildman–Crippen MR) is 187 cm³/mol. The third-order valence-electron chi connectivity index (χ3n) is 8.32. The summed E-state index contributed by atoms with van der Waals surface area (Å²) in [7, 11) is 1.10. The Balaban J connectivity index is 1.28. The van der Waals surface area contributed by atoms with Crippen LogP contribution in [0.1, 0.15) is 22.0 Å². The summed E-state index contributed by atoms with van der Waals surface area (Å²) in [6, 6.07) is 6.91. The van der Waals surface area contributed by atoms with Crippen LogP contribution in [-0.2, 0) is 35.3 Å². The molecule has 6 rings (SSSR count). The molecule has 4 aromatic rings. The summed E-state index contributed by atoms with van der Waals surface area (Å²) in [5, 5.41) is 62.8. The number of nitrogens with zero attached hydrogens (tertiary/aromatic N) is 5. The number of methoxy groups -OCH3 is 1. The maximum atomic E-state index is 14.1. The molecule has 2 aromatic carbocycles. The monoisotopic (exact) mass is 813 g/mol. The highest BCUT2D eigenvalue weighted by atomic mass is 32.2. The second-order valence-corrected chi connectivity index (χ2v) is 13.8. The first-order chi connectivity index (χ1) is 26.6. The second-order valence-electron chi connectivity index (χ2n) is 11.8. The summed E-state index contributed by atoms with van der Waals surface area (Å²) < 4.78 is 16.8. The Morgan fingerprint density at radius 3 is 2.46 bits per heavy atom. The van der Waals surface area contributed by atoms with Gasteiger partial charge in [0.15, 0.2) is 17.9 Å². The molecule has 1 saturated heterocycles. The van der Waals surface area contributed by atoms with E-state index >= 15 is 0 Å². The average Bonchev–Trinajstić information content (AvgIpc) is 3.61. The van der Waals surface area contributed by atoms with Crippen LogP contribution in [0.3, 0.4) is 0 Å². The second kappa shape index (κ2) is 15.6. The molecule has 3 amide bonds. The highest BCUT2D eigenvalue weighted by Crippen LogP contribution is 2.47. The number of hydrogen-bond donors (Lipinski definition) is 7. The van der Waals surface area contributed by atoms with E-state index < -0.39 is 99.9 Å². The number of benzene rings is 2. The summed E-state index contributed by atoms with van der Waals surface area (Å²) in [5.74, 6) is -8.44. The number of aromatic nitrogens is 4. The molecule has 22 nitrogen and oxygen atoms in total. The molecule has 0 saturated carbocycles. The number of β-lactam (4-membered cyclic amide) rings is 1. The Morgan fingerprint density at radius 1 is 1.07 bits per heavy atom. The molecule has 2 aliphatic rings. The highest BCUT2D eigenvalue weighted by Gasteiger charge is 2.67. The van der Waals surface area contributed by atoms with Crippen molar-refractivity contribution in [1.29, 1.82) is 0 Å². The van der Waals surface area contributed by atoms with Crippen molar-refractivity contribution < 1.29 is 68.2 Å². The van der Waals surface area contributed by atoms with Crippen molar-refractivity contribution in [3.8, 4) is 17.2 Å². The van der Waals surface area contributed by atoms with Crippen molar-refractivity contribution in [1.82, 2.24) is 35.7 Å². The number of carbonyl (C=O) groups is 6. The number of phenolic OH excluding ortho intramolecular Hbond substituents is 2. The molecule has 0 radical (unpaired) electrons. The fraction of sp³-hybridized carbons (Fsp3) is 0.250. The number of amides is 3. The van der Waals surface area contributed by atoms with Crippen molar-refractivity contribution in [3.05, 3.63) is 75.3 Å². The van der Waals surface area contributed by atoms with Gasteiger partial charge in [-0.3, -0.25) is 24.1 Å². The lowest BCUT2D eigenvalue weighted by molar-refractivity contribution is -0.192. The Kier molecular flexibility index (Phi) is 10.9. The molecule has 292 valence electrons. The Bertz CT molecular complexity index is 2380. The van der Waals surface area contributed by atoms with Gasteiger partial charge >= 0.3 is 23.5 Å². The molecule has 2 aromatic heterocycles. The van der Waals surface area contributed by atoms with Crippen LogP contribution in [0.25, 0.3) is 11.0 Å². The van der Waals surface area contributed by atoms with Crippen LogP contribution in [0, 0.1) is 0 Å². The summed E-state index contributed by atoms with van der Waals surface area (Å²) in [6.45, 7) is -1.23. The number of carboxylic acid groups (broad SMARTS) is 3. The summed E-state index contributed by atoms with van der Waals surface area (Å²) in [6.07, 6.45) is 0. The minimum atomic E-state index is -2.16. The first kappa shape index (κ1) is 39.0. The minimum Gasteiger partial charge on any atom is -0.504 e. The summed E-state index contributed by atoms with van der Waals surface area (Å²) in [5.41, 5.74) is -4.54. The molecule has 3 atom stereocenters. The Morgan fingerprint density at radius 2 is 1.80 bits per heavy atom. The van der Waals surface area contributed by atoms with E-state index in [2.05, 4.69) is 26.2 Å². The Labute approximate surface area is 320 Å². The van der Waals surface area contributed by atoms with E-state index in [9.17, 15) is 48.9 Å². The van der Waals surface area contributed by atoms with Gasteiger partial charge in [-0.25, -0.2) is 19.1 Å². The van der Waals surface area contributed by atoms with Crippen LogP contribution in [0.5, 0.6) is 17.2 Å². The van der Waals surface area contributed by atoms with Crippen molar-refractivity contribution in [2.75, 3.05) is 25.2 Å². The van der Waals surface area contributed by atoms with Crippen LogP contribution >= 0.6 is 23.5 Å². The van der Waals surface area contributed by atoms with E-state index in [1.165, 1.54) is 30.3 Å². The van der Waals surface area contributed by atoms with Crippen LogP contribution < -0.4 is 21.0 Å². The maximum Gasteiger partial charge on any atom is 0.352 e. The zero-order chi connectivity index (χ0) is 40.5. The zero-order valence-corrected chi connectivity index (χ0v) is 30.0. The number of hydrogen-bond acceptors (Lipinski definition) is 17. The number of phenols is 2. The predicted octanol–water partition coefficient (Wildman–Crippen LogP) is -0.285. The fourth-order valence-corrected chi connectivity index (χ4v) is 8.17. The van der Waals surface area contributed by atoms with E-state index in [0.717, 1.165) is 52.3 Å². The van der Waals surface area contributed by atoms with Gasteiger partial charge < -0.3 is 50.1 Å². The molecule has 0 bridgehead atoms. The Hall–Kier alpha value is -6.66. The van der Waals surface area contributed by atoms with E-state index in [4.69, 9.17) is 24.1 Å². The topological polar surface area (TPSA) is 323 Å². The van der Waals surface area contributed by atoms with Gasteiger partial charge in [-0.15, -0.1) is 16.9 Å². The molecule has 24 heteroatoms. The molecule has 1 fully saturated rings. The van der Waals surface area contributed by atoms with E-state index in [-0.39, 0.29) is 38.9 Å². The van der Waals surface area contributed by atoms with Gasteiger partial charge in [0.1, 0.15) is 35.0 Å². The molecule has 7 N–H and O–H groups in total. The lowest BCUT2D eigenvalue weighted by atomic mass is 9.96. The highest BCUT2D eigenvalue weighted by molar-refractivity contribution is 8.01. The molecule has 56 heavy (non-hydrogen) atoms. The fourth-order valence-electron chi connectivity index (χ4n) is 5.72. The molecular formula is C32H27N7O15S2. The van der Waals surface area contributed by atoms with Gasteiger partial charge in [-0.1, -0.05) is 23.9 Å². The van der Waals surface area contributed by atoms with Gasteiger partial charge in [0.2, 0.25) is 16.8 Å². The van der Waals surface area contributed by atoms with Crippen molar-refractivity contribution >= 4 is 70.1 Å². The van der Waals surface area contributed by atoms with Crippen LogP contribution in [0.4, 0.5) is 0 Å². The number of tetrazole rings is 1. The number of carboxylic acids is 3. The largest absolute Gasteiger partial charge is 0.504 e. The summed E-state index contributed by atoms with van der Waals surface area (Å²) in [4.78, 5) is 90.1. The van der Waals surface area contributed by atoms with Crippen molar-refractivity contribution in [2.24, 2.45) is 0 Å². The number of aliphatic carboxylic acids is 3. The van der Waals surface area contributed by atoms with Gasteiger partial charge in [-0.05, 0) is 51.9 Å². The number of thioether (sulfide) groups is 2. The molecule has 0 aliphatic carbocycles. The number of ether oxygens (including phenoxy) is 2. The van der Waals surface area contributed by atoms with Crippen molar-refractivity contribution in [3.63, 3.8) is 0 Å². The summed E-state index contributed by atoms with van der Waals surface area (Å²) >= 11 is 1.98. The normalized spacial score (nSPS) is 18.1. The molecule has 1 unspecified atom stereocenters. The standard InChI is InChI=1S/C32H27N7O15S2/c1-52-32(29(51)39-22(27(48)49)15(11-55-30(32)39)12-56-31-35-36-37-38(31)9-19(41)42)34-26(47)21(13-2-5-16(6-3-13)53-10-20(43)44)33-25(46)17-8-14-4-7-18(40)23(45)24(14)54-28(17)50/h2-8,21,30,40,45H,9-12H2,1H3,(H,33,46)(H,34,47)(H,41,42)(H,43,44)(H,48,49)/t21?,30-,32-/m0/s1. The van der Waals surface area contributed by atoms with Gasteiger partial charge in [0.05, 0.1) is 0 Å². The van der Waals surface area contributed by atoms with E-state index in [1.54, 1.807) is 0 Å². The number of nitrogens with one attached hydrogen (secondary N) is 2. The lowest BCUT2D eigenvalue weighted by Gasteiger charge is -2.56. The zero-order valence-electron chi connectivity index (χ0n) is 28.4. The number of carbonyl (C=O) groups excluding carboxylic acids is 3. The SMILES string of the molecule is CO[C@@]1(NC(=O)C(NC(=O)c2cc3ccc(O)c(O)c3oc2=O)c2ccc(OCC(=O)O)cc2)C(=O)N2C(C(=O)O)=C(CSc3nnnn3CC(=O)O)CS[C@H]21. The number of aromatic hydroxyl groups is 2. The van der Waals surface area contributed by atoms with Crippen LogP contribution in [0.2, 0.25) is 0 Å². The van der Waals surface area contributed by atoms with E-state index in [1.807, 2.05) is 0 Å². The average molecular weight is 814 g/mol. The van der Waals surface area contributed by atoms with Gasteiger partial charge in [0.25, 0.3) is 17.5 Å². The number of fused-ring (bicyclic) bond motifs is 2. The first-order valence-electron chi connectivity index (χ1n) is 15.8. The molecule has 2 aliphatic heterocycles. The molecule has 4 heterocycles. The van der Waals surface area contributed by atoms with Crippen molar-refractivity contribution in [2.45, 2.75) is 28.8 Å². The molecular weight excluding hydrogens is 787 g/mol. The number of rotatable bonds is 15. The molecule has 0 spiro atoms. The smallest absolute Gasteiger partial charge is 0.352 e. The minimum absolute atomic E-state index is 0.00754. The first-order valence-corrected chi connectivity index (χ1v) is 17.8.